The van der Waals surface area contributed by atoms with Crippen molar-refractivity contribution >= 4 is 17.7 Å². The Labute approximate surface area is 345 Å². The van der Waals surface area contributed by atoms with Crippen LogP contribution < -0.4 is 11.3 Å². The van der Waals surface area contributed by atoms with Gasteiger partial charge in [-0.3, -0.25) is 4.79 Å². The summed E-state index contributed by atoms with van der Waals surface area (Å²) in [6, 6.07) is 0. The number of aliphatic hydroxyl groups is 6. The van der Waals surface area contributed by atoms with Gasteiger partial charge in [-0.2, -0.15) is 0 Å². The van der Waals surface area contributed by atoms with Gasteiger partial charge in [-0.25, -0.2) is 4.79 Å². The van der Waals surface area contributed by atoms with Crippen molar-refractivity contribution < 1.29 is 79.7 Å². The summed E-state index contributed by atoms with van der Waals surface area (Å²) in [4.78, 5) is 39.4. The number of allylic oxidation sites excluding steroid dienone is 2. The summed E-state index contributed by atoms with van der Waals surface area (Å²) in [5, 5.41) is 85.4. The van der Waals surface area contributed by atoms with Crippen LogP contribution in [-0.2, 0) is 33.3 Å². The van der Waals surface area contributed by atoms with E-state index in [0.717, 1.165) is 37.7 Å². The molecule has 338 valence electrons. The first-order valence-corrected chi connectivity index (χ1v) is 20.7. The lowest BCUT2D eigenvalue weighted by molar-refractivity contribution is -0.374. The molecule has 17 nitrogen and oxygen atoms in total. The first-order valence-electron chi connectivity index (χ1n) is 20.7. The molecule has 13 N–H and O–H groups in total. The molecule has 0 unspecified atom stereocenters. The molecule has 2 saturated heterocycles. The zero-order valence-corrected chi connectivity index (χ0v) is 35.6. The van der Waals surface area contributed by atoms with E-state index >= 15 is 0 Å². The SMILES string of the molecule is CC1(C)[C@@H](O[C@H]2O[C@H](C(=O)O)[C@@H](O)[C@H](O)[C@H]2O[C@@H]2O[C@H](CO)[C@@H](O)[C@H](O)[C@H]2O)CC[C@]2(C)[C@H]3C(=O)C=C4[C@@H]5C[C@@](C)(C(=O)[O-])CC[C@]5(C)CC[C@@]4(C)[C@]3(C)CC[C@@H]12.O.[NH4+]. The van der Waals surface area contributed by atoms with E-state index in [-0.39, 0.29) is 46.0 Å². The number of hydrogen-bond acceptors (Lipinski definition) is 14. The van der Waals surface area contributed by atoms with Crippen LogP contribution in [0.2, 0.25) is 0 Å². The second-order valence-electron chi connectivity index (χ2n) is 20.6. The highest BCUT2D eigenvalue weighted by Gasteiger charge is 2.70. The molecule has 0 aromatic heterocycles. The fourth-order valence-corrected chi connectivity index (χ4v) is 13.4. The van der Waals surface area contributed by atoms with Crippen molar-refractivity contribution in [2.45, 2.75) is 174 Å². The Morgan fingerprint density at radius 2 is 1.46 bits per heavy atom. The quantitative estimate of drug-likeness (QED) is 0.161. The predicted octanol–water partition coefficient (Wildman–Crippen LogP) is 0.370. The molecule has 0 radical (unpaired) electrons. The highest BCUT2D eigenvalue weighted by Crippen LogP contribution is 2.75. The van der Waals surface area contributed by atoms with Crippen molar-refractivity contribution in [1.29, 1.82) is 0 Å². The summed E-state index contributed by atoms with van der Waals surface area (Å²) in [7, 11) is 0. The highest BCUT2D eigenvalue weighted by atomic mass is 16.8. The van der Waals surface area contributed by atoms with Crippen LogP contribution in [0.1, 0.15) is 106 Å². The Hall–Kier alpha value is -2.13. The van der Waals surface area contributed by atoms with E-state index in [1.165, 1.54) is 0 Å². The van der Waals surface area contributed by atoms with Gasteiger partial charge in [-0.15, -0.1) is 0 Å². The molecule has 7 rings (SSSR count). The summed E-state index contributed by atoms with van der Waals surface area (Å²) in [5.41, 5.74) is -1.85. The Kier molecular flexibility index (Phi) is 12.9. The summed E-state index contributed by atoms with van der Waals surface area (Å²) < 4.78 is 23.8. The summed E-state index contributed by atoms with van der Waals surface area (Å²) >= 11 is 0. The van der Waals surface area contributed by atoms with Gasteiger partial charge in [0.05, 0.1) is 12.7 Å². The van der Waals surface area contributed by atoms with E-state index in [1.54, 1.807) is 6.92 Å². The van der Waals surface area contributed by atoms with Crippen LogP contribution >= 0.6 is 0 Å². The Bertz CT molecular complexity index is 1660. The number of hydrogen-bond donors (Lipinski definition) is 8. The van der Waals surface area contributed by atoms with Crippen LogP contribution in [0.15, 0.2) is 11.6 Å². The fourth-order valence-electron chi connectivity index (χ4n) is 13.4. The number of ketones is 1. The molecular formula is C42H69NO16. The van der Waals surface area contributed by atoms with Gasteiger partial charge in [0.15, 0.2) is 24.5 Å². The maximum atomic E-state index is 14.8. The molecular weight excluding hydrogens is 774 g/mol. The molecule has 2 aliphatic heterocycles. The Morgan fingerprint density at radius 1 is 0.814 bits per heavy atom. The number of carbonyl (C=O) groups excluding carboxylic acids is 2. The second-order valence-corrected chi connectivity index (χ2v) is 20.6. The number of quaternary nitrogens is 1. The zero-order valence-electron chi connectivity index (χ0n) is 35.6. The van der Waals surface area contributed by atoms with Crippen LogP contribution in [0.3, 0.4) is 0 Å². The Balaban J connectivity index is 0.00000331. The molecule has 59 heavy (non-hydrogen) atoms. The zero-order chi connectivity index (χ0) is 42.0. The normalized spacial score (nSPS) is 51.5. The van der Waals surface area contributed by atoms with Gasteiger partial charge < -0.3 is 76.2 Å². The number of fused-ring (bicyclic) bond motifs is 7. The molecule has 0 amide bonds. The van der Waals surface area contributed by atoms with Crippen LogP contribution in [0.5, 0.6) is 0 Å². The largest absolute Gasteiger partial charge is 0.550 e. The van der Waals surface area contributed by atoms with Crippen molar-refractivity contribution in [1.82, 2.24) is 6.15 Å². The number of carboxylic acid groups (broad SMARTS) is 2. The van der Waals surface area contributed by atoms with Crippen molar-refractivity contribution in [2.24, 2.45) is 50.2 Å². The first-order chi connectivity index (χ1) is 26.4. The van der Waals surface area contributed by atoms with E-state index in [1.807, 2.05) is 19.9 Å². The second kappa shape index (κ2) is 15.9. The molecule has 0 aromatic carbocycles. The lowest BCUT2D eigenvalue weighted by Crippen LogP contribution is -2.68. The van der Waals surface area contributed by atoms with Crippen LogP contribution in [0.25, 0.3) is 0 Å². The van der Waals surface area contributed by atoms with Gasteiger partial charge in [0.25, 0.3) is 0 Å². The number of carbonyl (C=O) groups is 3. The summed E-state index contributed by atoms with van der Waals surface area (Å²) in [6.45, 7) is 14.1. The molecule has 4 saturated carbocycles. The standard InChI is InChI=1S/C42H64O15.H3N.H2O/c1-37(2)23-8-11-42(7)32(21(44)16-19-20-17-39(4,36(52)53)13-12-38(20,3)14-15-41(19,42)6)40(23,5)10-9-24(37)55-35-31(28(48)27(47)30(56-35)33(50)51)57-34-29(49)26(46)25(45)22(18-43)54-34;;/h16,20,22-32,34-35,43,45-49H,8-15,17-18H2,1-7H3,(H,50,51)(H,52,53);1H3;1H2/t20-,22+,23-,24-,25+,26-,27-,28-,29+,30-,31+,32+,34-,35-,38+,39-,40-,41+,42+;;/m0../s1. The van der Waals surface area contributed by atoms with Crippen LogP contribution in [-0.4, -0.2) is 133 Å². The molecule has 19 atom stereocenters. The third-order valence-electron chi connectivity index (χ3n) is 17.2. The van der Waals surface area contributed by atoms with E-state index in [9.17, 15) is 55.2 Å². The predicted molar refractivity (Wildman–Crippen MR) is 206 cm³/mol. The van der Waals surface area contributed by atoms with E-state index in [4.69, 9.17) is 18.9 Å². The molecule has 0 bridgehead atoms. The van der Waals surface area contributed by atoms with Crippen molar-refractivity contribution in [2.75, 3.05) is 6.61 Å². The molecule has 0 aromatic rings. The number of rotatable bonds is 7. The lowest BCUT2D eigenvalue weighted by Gasteiger charge is -2.70. The first kappa shape index (κ1) is 47.9. The number of carboxylic acids is 2. The van der Waals surface area contributed by atoms with Crippen molar-refractivity contribution in [3.8, 4) is 0 Å². The Morgan fingerprint density at radius 3 is 2.07 bits per heavy atom. The van der Waals surface area contributed by atoms with Crippen molar-refractivity contribution in [3.63, 3.8) is 0 Å². The minimum absolute atomic E-state index is 0. The minimum atomic E-state index is -1.98. The number of ether oxygens (including phenoxy) is 4. The van der Waals surface area contributed by atoms with Crippen LogP contribution in [0.4, 0.5) is 0 Å². The smallest absolute Gasteiger partial charge is 0.335 e. The van der Waals surface area contributed by atoms with Gasteiger partial charge in [-0.05, 0) is 103 Å². The molecule has 17 heteroatoms. The van der Waals surface area contributed by atoms with Gasteiger partial charge in [0.1, 0.15) is 42.7 Å². The molecule has 7 aliphatic rings. The number of aliphatic hydroxyl groups excluding tert-OH is 6. The van der Waals surface area contributed by atoms with E-state index < -0.39 is 108 Å². The third-order valence-corrected chi connectivity index (χ3v) is 17.2. The summed E-state index contributed by atoms with van der Waals surface area (Å²) in [5.74, 6) is -2.96. The maximum Gasteiger partial charge on any atom is 0.335 e. The number of aliphatic carboxylic acids is 2. The van der Waals surface area contributed by atoms with Gasteiger partial charge in [-0.1, -0.05) is 54.0 Å². The average Bonchev–Trinajstić information content (AvgIpc) is 3.13. The van der Waals surface area contributed by atoms with Gasteiger partial charge in [0, 0.05) is 17.3 Å². The molecule has 5 aliphatic carbocycles. The topological polar surface area (TPSA) is 321 Å². The average molecular weight is 844 g/mol. The van der Waals surface area contributed by atoms with Crippen molar-refractivity contribution in [3.05, 3.63) is 11.6 Å². The van der Waals surface area contributed by atoms with E-state index in [0.29, 0.717) is 25.7 Å². The van der Waals surface area contributed by atoms with E-state index in [2.05, 4.69) is 27.7 Å². The minimum Gasteiger partial charge on any atom is -0.550 e. The lowest BCUT2D eigenvalue weighted by atomic mass is 9.33. The molecule has 2 heterocycles. The molecule has 6 fully saturated rings. The molecule has 0 spiro atoms. The van der Waals surface area contributed by atoms with Crippen LogP contribution in [0, 0.1) is 50.2 Å². The van der Waals surface area contributed by atoms with Gasteiger partial charge in [0.2, 0.25) is 0 Å². The maximum absolute atomic E-state index is 14.8. The monoisotopic (exact) mass is 843 g/mol. The summed E-state index contributed by atoms with van der Waals surface area (Å²) in [6.07, 6.45) is -10.1. The van der Waals surface area contributed by atoms with Gasteiger partial charge >= 0.3 is 5.97 Å². The fraction of sp³-hybridized carbons (Fsp3) is 0.881. The highest BCUT2D eigenvalue weighted by molar-refractivity contribution is 5.95. The third kappa shape index (κ3) is 7.03.